The standard InChI is InChI=1S/C18H18N4O4S2/c1-12-6-8-13(9-7-12)17-20-21-18(26-17)19-16(23)14-4-2-10-22(14)28(24,25)15-5-3-11-27-15/h3,5-9,11,14H,2,4,10H2,1H3,(H,19,21,23). The largest absolute Gasteiger partial charge is 0.403 e. The normalized spacial score (nSPS) is 17.7. The molecule has 8 nitrogen and oxygen atoms in total. The number of nitrogens with zero attached hydrogens (tertiary/aromatic N) is 3. The highest BCUT2D eigenvalue weighted by molar-refractivity contribution is 7.91. The molecule has 1 atom stereocenters. The molecule has 1 aromatic carbocycles. The lowest BCUT2D eigenvalue weighted by atomic mass is 10.1. The lowest BCUT2D eigenvalue weighted by Gasteiger charge is -2.21. The zero-order valence-electron chi connectivity index (χ0n) is 15.0. The van der Waals surface area contributed by atoms with Crippen LogP contribution in [0.1, 0.15) is 18.4 Å². The van der Waals surface area contributed by atoms with E-state index < -0.39 is 22.0 Å². The number of amides is 1. The van der Waals surface area contributed by atoms with Crippen molar-refractivity contribution in [2.75, 3.05) is 11.9 Å². The predicted molar refractivity (Wildman–Crippen MR) is 104 cm³/mol. The van der Waals surface area contributed by atoms with Gasteiger partial charge in [0.15, 0.2) is 0 Å². The maximum Gasteiger partial charge on any atom is 0.322 e. The Bertz CT molecular complexity index is 1080. The number of sulfonamides is 1. The third-order valence-electron chi connectivity index (χ3n) is 4.52. The SMILES string of the molecule is Cc1ccc(-c2nnc(NC(=O)C3CCCN3S(=O)(=O)c3cccs3)o2)cc1. The first kappa shape index (κ1) is 18.8. The molecule has 1 N–H and O–H groups in total. The van der Waals surface area contributed by atoms with E-state index in [4.69, 9.17) is 4.42 Å². The van der Waals surface area contributed by atoms with E-state index >= 15 is 0 Å². The van der Waals surface area contributed by atoms with Crippen molar-refractivity contribution in [2.24, 2.45) is 0 Å². The van der Waals surface area contributed by atoms with Gasteiger partial charge in [-0.1, -0.05) is 28.9 Å². The molecule has 28 heavy (non-hydrogen) atoms. The van der Waals surface area contributed by atoms with Gasteiger partial charge >= 0.3 is 6.01 Å². The lowest BCUT2D eigenvalue weighted by Crippen LogP contribution is -2.42. The highest BCUT2D eigenvalue weighted by Crippen LogP contribution is 2.29. The Balaban J connectivity index is 1.50. The summed E-state index contributed by atoms with van der Waals surface area (Å²) in [4.78, 5) is 12.7. The van der Waals surface area contributed by atoms with E-state index in [9.17, 15) is 13.2 Å². The second kappa shape index (κ2) is 7.46. The molecule has 10 heteroatoms. The van der Waals surface area contributed by atoms with Crippen molar-refractivity contribution in [1.82, 2.24) is 14.5 Å². The molecule has 146 valence electrons. The molecule has 0 aliphatic carbocycles. The van der Waals surface area contributed by atoms with E-state index in [1.165, 1.54) is 4.31 Å². The van der Waals surface area contributed by atoms with Gasteiger partial charge in [0.2, 0.25) is 11.8 Å². The van der Waals surface area contributed by atoms with Gasteiger partial charge in [0.05, 0.1) is 0 Å². The third kappa shape index (κ3) is 3.58. The third-order valence-corrected chi connectivity index (χ3v) is 7.80. The van der Waals surface area contributed by atoms with Crippen molar-refractivity contribution in [3.63, 3.8) is 0 Å². The van der Waals surface area contributed by atoms with Gasteiger partial charge in [-0.25, -0.2) is 8.42 Å². The van der Waals surface area contributed by atoms with Gasteiger partial charge in [-0.05, 0) is 43.3 Å². The highest BCUT2D eigenvalue weighted by Gasteiger charge is 2.40. The molecule has 4 rings (SSSR count). The number of thiophene rings is 1. The minimum absolute atomic E-state index is 0.0547. The van der Waals surface area contributed by atoms with Crippen molar-refractivity contribution in [3.8, 4) is 11.5 Å². The summed E-state index contributed by atoms with van der Waals surface area (Å²) >= 11 is 1.13. The van der Waals surface area contributed by atoms with Gasteiger partial charge in [0.25, 0.3) is 10.0 Å². The molecule has 1 fully saturated rings. The predicted octanol–water partition coefficient (Wildman–Crippen LogP) is 2.90. The fourth-order valence-corrected chi connectivity index (χ4v) is 5.87. The van der Waals surface area contributed by atoms with Crippen LogP contribution in [-0.4, -0.2) is 41.4 Å². The molecular formula is C18H18N4O4S2. The zero-order chi connectivity index (χ0) is 19.7. The van der Waals surface area contributed by atoms with Crippen molar-refractivity contribution in [2.45, 2.75) is 30.0 Å². The maximum absolute atomic E-state index is 12.8. The zero-order valence-corrected chi connectivity index (χ0v) is 16.7. The molecule has 0 radical (unpaired) electrons. The van der Waals surface area contributed by atoms with Crippen LogP contribution in [0.15, 0.2) is 50.4 Å². The van der Waals surface area contributed by atoms with Crippen LogP contribution < -0.4 is 5.32 Å². The Morgan fingerprint density at radius 1 is 1.25 bits per heavy atom. The average Bonchev–Trinajstić information content (AvgIpc) is 3.43. The first-order chi connectivity index (χ1) is 13.4. The summed E-state index contributed by atoms with van der Waals surface area (Å²) < 4.78 is 32.6. The van der Waals surface area contributed by atoms with Crippen LogP contribution in [0, 0.1) is 6.92 Å². The average molecular weight is 419 g/mol. The summed E-state index contributed by atoms with van der Waals surface area (Å²) in [6, 6.07) is 9.89. The van der Waals surface area contributed by atoms with Crippen molar-refractivity contribution in [3.05, 3.63) is 47.3 Å². The second-order valence-electron chi connectivity index (χ2n) is 6.47. The van der Waals surface area contributed by atoms with Crippen LogP contribution in [0.25, 0.3) is 11.5 Å². The van der Waals surface area contributed by atoms with E-state index in [0.29, 0.717) is 19.4 Å². The van der Waals surface area contributed by atoms with E-state index in [-0.39, 0.29) is 16.1 Å². The topological polar surface area (TPSA) is 105 Å². The molecule has 2 aromatic heterocycles. The number of rotatable bonds is 5. The van der Waals surface area contributed by atoms with Crippen molar-refractivity contribution in [1.29, 1.82) is 0 Å². The molecule has 1 aliphatic heterocycles. The minimum atomic E-state index is -3.70. The minimum Gasteiger partial charge on any atom is -0.403 e. The van der Waals surface area contributed by atoms with Gasteiger partial charge < -0.3 is 4.42 Å². The summed E-state index contributed by atoms with van der Waals surface area (Å²) in [6.45, 7) is 2.28. The van der Waals surface area contributed by atoms with Crippen LogP contribution in [0.5, 0.6) is 0 Å². The first-order valence-electron chi connectivity index (χ1n) is 8.72. The quantitative estimate of drug-likeness (QED) is 0.683. The van der Waals surface area contributed by atoms with E-state index in [1.807, 2.05) is 31.2 Å². The molecule has 0 spiro atoms. The van der Waals surface area contributed by atoms with E-state index in [1.54, 1.807) is 17.5 Å². The Labute approximate surface area is 166 Å². The summed E-state index contributed by atoms with van der Waals surface area (Å²) in [5.41, 5.74) is 1.84. The fourth-order valence-electron chi connectivity index (χ4n) is 3.09. The van der Waals surface area contributed by atoms with Crippen LogP contribution in [0.2, 0.25) is 0 Å². The molecule has 1 amide bonds. The summed E-state index contributed by atoms with van der Waals surface area (Å²) in [6.07, 6.45) is 1.05. The molecule has 1 unspecified atom stereocenters. The molecule has 0 saturated carbocycles. The lowest BCUT2D eigenvalue weighted by molar-refractivity contribution is -0.119. The Morgan fingerprint density at radius 2 is 2.04 bits per heavy atom. The van der Waals surface area contributed by atoms with Crippen LogP contribution in [-0.2, 0) is 14.8 Å². The molecule has 3 aromatic rings. The molecule has 3 heterocycles. The number of aryl methyl sites for hydroxylation is 1. The Morgan fingerprint density at radius 3 is 2.75 bits per heavy atom. The fraction of sp³-hybridized carbons (Fsp3) is 0.278. The number of nitrogens with one attached hydrogen (secondary N) is 1. The summed E-state index contributed by atoms with van der Waals surface area (Å²) in [5.74, 6) is -0.193. The van der Waals surface area contributed by atoms with E-state index in [0.717, 1.165) is 22.5 Å². The summed E-state index contributed by atoms with van der Waals surface area (Å²) in [5, 5.41) is 12.0. The maximum atomic E-state index is 12.8. The number of anilines is 1. The van der Waals surface area contributed by atoms with Crippen LogP contribution in [0.3, 0.4) is 0 Å². The van der Waals surface area contributed by atoms with Gasteiger partial charge in [-0.15, -0.1) is 16.4 Å². The van der Waals surface area contributed by atoms with Gasteiger partial charge in [-0.2, -0.15) is 4.31 Å². The number of hydrogen-bond donors (Lipinski definition) is 1. The molecule has 0 bridgehead atoms. The Kier molecular flexibility index (Phi) is 5.00. The second-order valence-corrected chi connectivity index (χ2v) is 9.54. The van der Waals surface area contributed by atoms with Gasteiger partial charge in [0.1, 0.15) is 10.3 Å². The number of benzene rings is 1. The molecule has 1 saturated heterocycles. The van der Waals surface area contributed by atoms with E-state index in [2.05, 4.69) is 15.5 Å². The van der Waals surface area contributed by atoms with Crippen LogP contribution >= 0.6 is 11.3 Å². The monoisotopic (exact) mass is 418 g/mol. The van der Waals surface area contributed by atoms with Crippen LogP contribution in [0.4, 0.5) is 6.01 Å². The Hall–Kier alpha value is -2.56. The number of aromatic nitrogens is 2. The van der Waals surface area contributed by atoms with Crippen molar-refractivity contribution >= 4 is 33.3 Å². The molecule has 1 aliphatic rings. The number of carbonyl (C=O) groups excluding carboxylic acids is 1. The summed E-state index contributed by atoms with van der Waals surface area (Å²) in [7, 11) is -3.70. The highest BCUT2D eigenvalue weighted by atomic mass is 32.2. The van der Waals surface area contributed by atoms with Crippen molar-refractivity contribution < 1.29 is 17.6 Å². The smallest absolute Gasteiger partial charge is 0.322 e. The molecular weight excluding hydrogens is 400 g/mol. The number of hydrogen-bond acceptors (Lipinski definition) is 7. The van der Waals surface area contributed by atoms with Gasteiger partial charge in [-0.3, -0.25) is 10.1 Å². The van der Waals surface area contributed by atoms with Gasteiger partial charge in [0, 0.05) is 12.1 Å². The first-order valence-corrected chi connectivity index (χ1v) is 11.0. The number of carbonyl (C=O) groups is 1.